The molecule has 1 fully saturated rings. The fourth-order valence-corrected chi connectivity index (χ4v) is 4.35. The molecule has 0 radical (unpaired) electrons. The van der Waals surface area contributed by atoms with Gasteiger partial charge in [0, 0.05) is 24.2 Å². The Morgan fingerprint density at radius 2 is 1.97 bits per heavy atom. The highest BCUT2D eigenvalue weighted by atomic mass is 19.4. The Bertz CT molecular complexity index is 1140. The smallest absolute Gasteiger partial charge is 0.295 e. The van der Waals surface area contributed by atoms with Crippen LogP contribution in [0, 0.1) is 13.8 Å². The van der Waals surface area contributed by atoms with Crippen LogP contribution < -0.4 is 4.90 Å². The Kier molecular flexibility index (Phi) is 4.16. The highest BCUT2D eigenvalue weighted by Crippen LogP contribution is 2.43. The third kappa shape index (κ3) is 3.05. The van der Waals surface area contributed by atoms with Gasteiger partial charge in [-0.3, -0.25) is 9.69 Å². The molecule has 0 bridgehead atoms. The van der Waals surface area contributed by atoms with Crippen molar-refractivity contribution in [1.29, 1.82) is 0 Å². The number of nitrogens with zero attached hydrogens (tertiary/aromatic N) is 6. The van der Waals surface area contributed by atoms with Gasteiger partial charge in [0.05, 0.1) is 11.4 Å². The van der Waals surface area contributed by atoms with Crippen LogP contribution in [0.25, 0.3) is 11.0 Å². The summed E-state index contributed by atoms with van der Waals surface area (Å²) in [5.41, 5.74) is 3.09. The molecule has 10 heteroatoms. The van der Waals surface area contributed by atoms with Crippen molar-refractivity contribution in [2.45, 2.75) is 57.8 Å². The van der Waals surface area contributed by atoms with Gasteiger partial charge >= 0.3 is 6.18 Å². The molecule has 1 saturated carbocycles. The van der Waals surface area contributed by atoms with Crippen molar-refractivity contribution in [3.8, 4) is 0 Å². The summed E-state index contributed by atoms with van der Waals surface area (Å²) in [6.07, 6.45) is -0.640. The maximum absolute atomic E-state index is 13.4. The zero-order valence-corrected chi connectivity index (χ0v) is 16.6. The van der Waals surface area contributed by atoms with Crippen molar-refractivity contribution in [3.63, 3.8) is 0 Å². The first-order valence-electron chi connectivity index (χ1n) is 9.99. The van der Waals surface area contributed by atoms with E-state index in [-0.39, 0.29) is 31.2 Å². The molecule has 0 N–H and O–H groups in total. The second kappa shape index (κ2) is 6.55. The lowest BCUT2D eigenvalue weighted by Gasteiger charge is -2.33. The van der Waals surface area contributed by atoms with Gasteiger partial charge in [-0.25, -0.2) is 14.3 Å². The van der Waals surface area contributed by atoms with Crippen molar-refractivity contribution >= 4 is 22.8 Å². The van der Waals surface area contributed by atoms with Gasteiger partial charge < -0.3 is 0 Å². The van der Waals surface area contributed by atoms with Gasteiger partial charge in [-0.15, -0.1) is 0 Å². The molecule has 0 spiro atoms. The average molecular weight is 418 g/mol. The minimum atomic E-state index is -4.42. The van der Waals surface area contributed by atoms with E-state index in [0.29, 0.717) is 17.3 Å². The van der Waals surface area contributed by atoms with Gasteiger partial charge in [-0.1, -0.05) is 0 Å². The van der Waals surface area contributed by atoms with Gasteiger partial charge in [0.15, 0.2) is 11.7 Å². The van der Waals surface area contributed by atoms with Crippen LogP contribution in [0.1, 0.15) is 48.2 Å². The van der Waals surface area contributed by atoms with E-state index in [1.165, 1.54) is 16.5 Å². The lowest BCUT2D eigenvalue weighted by Crippen LogP contribution is -2.44. The highest BCUT2D eigenvalue weighted by Gasteiger charge is 2.46. The van der Waals surface area contributed by atoms with E-state index in [1.54, 1.807) is 17.8 Å². The number of carbonyl (C=O) groups excluding carboxylic acids is 1. The number of alkyl halides is 3. The topological polar surface area (TPSA) is 68.8 Å². The van der Waals surface area contributed by atoms with Crippen LogP contribution in [0.4, 0.5) is 19.0 Å². The maximum Gasteiger partial charge on any atom is 0.410 e. The van der Waals surface area contributed by atoms with Crippen molar-refractivity contribution < 1.29 is 18.0 Å². The number of fused-ring (bicyclic) bond motifs is 2. The van der Waals surface area contributed by atoms with Crippen LogP contribution in [0.5, 0.6) is 0 Å². The molecule has 0 saturated heterocycles. The number of aromatic nitrogens is 5. The van der Waals surface area contributed by atoms with Crippen molar-refractivity contribution in [2.75, 3.05) is 11.4 Å². The molecule has 3 aromatic heterocycles. The fourth-order valence-electron chi connectivity index (χ4n) is 4.35. The summed E-state index contributed by atoms with van der Waals surface area (Å²) < 4.78 is 42.7. The monoisotopic (exact) mass is 418 g/mol. The van der Waals surface area contributed by atoms with Gasteiger partial charge in [0.1, 0.15) is 12.4 Å². The van der Waals surface area contributed by atoms with E-state index in [0.717, 1.165) is 28.6 Å². The molecule has 1 aliphatic heterocycles. The van der Waals surface area contributed by atoms with E-state index in [4.69, 9.17) is 0 Å². The first-order valence-corrected chi connectivity index (χ1v) is 9.99. The minimum Gasteiger partial charge on any atom is -0.295 e. The number of amides is 1. The van der Waals surface area contributed by atoms with E-state index >= 15 is 0 Å². The first kappa shape index (κ1) is 19.1. The number of carbonyl (C=O) groups is 1. The van der Waals surface area contributed by atoms with Crippen LogP contribution >= 0.6 is 0 Å². The van der Waals surface area contributed by atoms with Crippen molar-refractivity contribution in [2.24, 2.45) is 0 Å². The number of rotatable bonds is 3. The Balaban J connectivity index is 1.47. The molecular formula is C20H21F3N6O. The summed E-state index contributed by atoms with van der Waals surface area (Å²) in [5.74, 6) is 0.354. The van der Waals surface area contributed by atoms with E-state index < -0.39 is 12.2 Å². The van der Waals surface area contributed by atoms with Crippen LogP contribution in [0.3, 0.4) is 0 Å². The summed E-state index contributed by atoms with van der Waals surface area (Å²) in [4.78, 5) is 18.9. The van der Waals surface area contributed by atoms with Gasteiger partial charge in [0.2, 0.25) is 5.91 Å². The second-order valence-corrected chi connectivity index (χ2v) is 8.10. The zero-order chi connectivity index (χ0) is 21.2. The van der Waals surface area contributed by atoms with Crippen LogP contribution in [-0.2, 0) is 11.3 Å². The lowest BCUT2D eigenvalue weighted by molar-refractivity contribution is -0.173. The van der Waals surface area contributed by atoms with Gasteiger partial charge in [-0.05, 0) is 50.7 Å². The van der Waals surface area contributed by atoms with Gasteiger partial charge in [-0.2, -0.15) is 23.4 Å². The number of hydrogen-bond acceptors (Lipinski definition) is 4. The maximum atomic E-state index is 13.4. The first-order chi connectivity index (χ1) is 14.2. The molecule has 4 heterocycles. The SMILES string of the molecule is Cc1cc2n(n1)C(C(F)(F)F)CCN2C(=O)Cn1nc(C)c2c(C3CC3)ccnc21. The third-order valence-corrected chi connectivity index (χ3v) is 5.86. The van der Waals surface area contributed by atoms with Crippen LogP contribution in [-0.4, -0.2) is 43.2 Å². The molecule has 7 nitrogen and oxygen atoms in total. The standard InChI is InChI=1S/C20H21F3N6O/c1-11-9-16-27(8-6-15(20(21,22)23)29(16)25-11)17(30)10-28-19-18(12(2)26-28)14(5-7-24-19)13-3-4-13/h5,7,9,13,15H,3-4,6,8,10H2,1-2H3. The number of halogens is 3. The molecule has 1 amide bonds. The average Bonchev–Trinajstić information content (AvgIpc) is 3.38. The van der Waals surface area contributed by atoms with Gasteiger partial charge in [0.25, 0.3) is 0 Å². The highest BCUT2D eigenvalue weighted by molar-refractivity contribution is 5.94. The largest absolute Gasteiger partial charge is 0.410 e. The summed E-state index contributed by atoms with van der Waals surface area (Å²) >= 11 is 0. The molecule has 1 aliphatic carbocycles. The summed E-state index contributed by atoms with van der Waals surface area (Å²) in [5, 5.41) is 9.49. The minimum absolute atomic E-state index is 0.0208. The normalized spacial score (nSPS) is 19.4. The number of hydrogen-bond donors (Lipinski definition) is 0. The van der Waals surface area contributed by atoms with Crippen LogP contribution in [0.15, 0.2) is 18.3 Å². The number of aryl methyl sites for hydroxylation is 2. The van der Waals surface area contributed by atoms with Crippen LogP contribution in [0.2, 0.25) is 0 Å². The molecular weight excluding hydrogens is 397 g/mol. The molecule has 30 heavy (non-hydrogen) atoms. The van der Waals surface area contributed by atoms with Crippen molar-refractivity contribution in [3.05, 3.63) is 35.3 Å². The molecule has 2 aliphatic rings. The number of pyridine rings is 1. The lowest BCUT2D eigenvalue weighted by atomic mass is 10.1. The van der Waals surface area contributed by atoms with Crippen molar-refractivity contribution in [1.82, 2.24) is 24.5 Å². The Hall–Kier alpha value is -2.91. The molecule has 1 unspecified atom stereocenters. The third-order valence-electron chi connectivity index (χ3n) is 5.86. The second-order valence-electron chi connectivity index (χ2n) is 8.10. The summed E-state index contributed by atoms with van der Waals surface area (Å²) in [6.45, 7) is 3.40. The zero-order valence-electron chi connectivity index (χ0n) is 16.6. The fraction of sp³-hybridized carbons (Fsp3) is 0.500. The predicted octanol–water partition coefficient (Wildman–Crippen LogP) is 3.66. The molecule has 3 aromatic rings. The van der Waals surface area contributed by atoms with E-state index in [9.17, 15) is 18.0 Å². The number of anilines is 1. The predicted molar refractivity (Wildman–Crippen MR) is 103 cm³/mol. The quantitative estimate of drug-likeness (QED) is 0.651. The Morgan fingerprint density at radius 3 is 2.67 bits per heavy atom. The molecule has 158 valence electrons. The molecule has 1 atom stereocenters. The van der Waals surface area contributed by atoms with E-state index in [1.807, 2.05) is 13.0 Å². The molecule has 0 aromatic carbocycles. The van der Waals surface area contributed by atoms with E-state index in [2.05, 4.69) is 15.2 Å². The summed E-state index contributed by atoms with van der Waals surface area (Å²) in [6, 6.07) is 1.80. The summed E-state index contributed by atoms with van der Waals surface area (Å²) in [7, 11) is 0. The Labute approximate surface area is 170 Å². The Morgan fingerprint density at radius 1 is 1.20 bits per heavy atom. The molecule has 5 rings (SSSR count).